The molecule has 2 rings (SSSR count). The highest BCUT2D eigenvalue weighted by atomic mass is 32.2. The van der Waals surface area contributed by atoms with Crippen LogP contribution in [-0.4, -0.2) is 18.3 Å². The minimum absolute atomic E-state index is 0.293. The maximum absolute atomic E-state index is 13.7. The van der Waals surface area contributed by atoms with E-state index < -0.39 is 42.9 Å². The standard InChI is InChI=1S/C12H9F2N3O4S/c1-7-9(13)4-8(5-12(7)17(18)19)22(20,21)16-11-2-3-15-6-10(11)14/h2-6H,1H3,(H,15,16). The van der Waals surface area contributed by atoms with Crippen LogP contribution in [0.5, 0.6) is 0 Å². The Hall–Kier alpha value is -2.62. The van der Waals surface area contributed by atoms with E-state index in [9.17, 15) is 27.3 Å². The number of benzene rings is 1. The summed E-state index contributed by atoms with van der Waals surface area (Å²) in [5.74, 6) is -1.99. The van der Waals surface area contributed by atoms with Crippen molar-refractivity contribution in [2.75, 3.05) is 4.72 Å². The quantitative estimate of drug-likeness (QED) is 0.685. The molecule has 0 amide bonds. The summed E-state index contributed by atoms with van der Waals surface area (Å²) in [4.78, 5) is 12.7. The van der Waals surface area contributed by atoms with Crippen molar-refractivity contribution in [1.29, 1.82) is 0 Å². The summed E-state index contributed by atoms with van der Waals surface area (Å²) in [6, 6.07) is 2.40. The summed E-state index contributed by atoms with van der Waals surface area (Å²) in [5.41, 5.74) is -1.38. The van der Waals surface area contributed by atoms with Crippen LogP contribution in [0.15, 0.2) is 35.5 Å². The zero-order chi connectivity index (χ0) is 16.5. The second kappa shape index (κ2) is 5.64. The largest absolute Gasteiger partial charge is 0.277 e. The van der Waals surface area contributed by atoms with Crippen molar-refractivity contribution in [3.63, 3.8) is 0 Å². The van der Waals surface area contributed by atoms with E-state index in [1.807, 2.05) is 4.72 Å². The minimum Gasteiger partial charge on any atom is -0.277 e. The molecule has 0 saturated heterocycles. The third kappa shape index (κ3) is 3.01. The van der Waals surface area contributed by atoms with Crippen molar-refractivity contribution >= 4 is 21.4 Å². The molecule has 10 heteroatoms. The van der Waals surface area contributed by atoms with Crippen LogP contribution in [0.1, 0.15) is 5.56 Å². The summed E-state index contributed by atoms with van der Waals surface area (Å²) in [7, 11) is -4.39. The van der Waals surface area contributed by atoms with E-state index in [2.05, 4.69) is 4.98 Å². The summed E-state index contributed by atoms with van der Waals surface area (Å²) >= 11 is 0. The Labute approximate surface area is 123 Å². The lowest BCUT2D eigenvalue weighted by Gasteiger charge is -2.09. The molecule has 0 fully saturated rings. The first-order valence-corrected chi connectivity index (χ1v) is 7.27. The summed E-state index contributed by atoms with van der Waals surface area (Å²) in [5, 5.41) is 10.8. The summed E-state index contributed by atoms with van der Waals surface area (Å²) in [6.45, 7) is 1.15. The molecule has 22 heavy (non-hydrogen) atoms. The van der Waals surface area contributed by atoms with Gasteiger partial charge in [-0.1, -0.05) is 0 Å². The molecule has 1 aromatic heterocycles. The zero-order valence-corrected chi connectivity index (χ0v) is 11.9. The third-order valence-electron chi connectivity index (χ3n) is 2.81. The molecule has 0 aliphatic rings. The average Bonchev–Trinajstić information content (AvgIpc) is 2.43. The topological polar surface area (TPSA) is 102 Å². The molecule has 0 unspecified atom stereocenters. The van der Waals surface area contributed by atoms with Crippen molar-refractivity contribution < 1.29 is 22.1 Å². The zero-order valence-electron chi connectivity index (χ0n) is 11.1. The van der Waals surface area contributed by atoms with Crippen LogP contribution in [0, 0.1) is 28.7 Å². The molecule has 1 heterocycles. The van der Waals surface area contributed by atoms with E-state index in [1.54, 1.807) is 0 Å². The monoisotopic (exact) mass is 329 g/mol. The smallest absolute Gasteiger partial charge is 0.276 e. The fourth-order valence-electron chi connectivity index (χ4n) is 1.65. The van der Waals surface area contributed by atoms with Crippen molar-refractivity contribution in [2.24, 2.45) is 0 Å². The molecule has 1 aromatic carbocycles. The SMILES string of the molecule is Cc1c(F)cc(S(=O)(=O)Nc2ccncc2F)cc1[N+](=O)[O-]. The number of pyridine rings is 1. The van der Waals surface area contributed by atoms with Crippen molar-refractivity contribution in [1.82, 2.24) is 4.98 Å². The van der Waals surface area contributed by atoms with Gasteiger partial charge in [-0.15, -0.1) is 0 Å². The van der Waals surface area contributed by atoms with Crippen LogP contribution in [0.2, 0.25) is 0 Å². The van der Waals surface area contributed by atoms with E-state index in [4.69, 9.17) is 0 Å². The van der Waals surface area contributed by atoms with Crippen LogP contribution in [-0.2, 0) is 10.0 Å². The second-order valence-corrected chi connectivity index (χ2v) is 5.95. The summed E-state index contributed by atoms with van der Waals surface area (Å²) < 4.78 is 53.2. The number of nitro benzene ring substituents is 1. The molecule has 0 spiro atoms. The number of hydrogen-bond donors (Lipinski definition) is 1. The van der Waals surface area contributed by atoms with Crippen LogP contribution >= 0.6 is 0 Å². The number of rotatable bonds is 4. The van der Waals surface area contributed by atoms with Crippen molar-refractivity contribution in [3.8, 4) is 0 Å². The number of nitrogens with one attached hydrogen (secondary N) is 1. The fraction of sp³-hybridized carbons (Fsp3) is 0.0833. The van der Waals surface area contributed by atoms with Gasteiger partial charge in [-0.3, -0.25) is 19.8 Å². The van der Waals surface area contributed by atoms with Gasteiger partial charge in [0.1, 0.15) is 5.82 Å². The molecule has 0 atom stereocenters. The van der Waals surface area contributed by atoms with Crippen LogP contribution in [0.3, 0.4) is 0 Å². The first-order chi connectivity index (χ1) is 10.2. The molecule has 2 aromatic rings. The fourth-order valence-corrected chi connectivity index (χ4v) is 2.74. The average molecular weight is 329 g/mol. The number of halogens is 2. The lowest BCUT2D eigenvalue weighted by Crippen LogP contribution is -2.15. The third-order valence-corrected chi connectivity index (χ3v) is 4.16. The van der Waals surface area contributed by atoms with E-state index >= 15 is 0 Å². The number of nitro groups is 1. The second-order valence-electron chi connectivity index (χ2n) is 4.27. The molecule has 116 valence electrons. The Morgan fingerprint density at radius 2 is 1.95 bits per heavy atom. The lowest BCUT2D eigenvalue weighted by atomic mass is 10.2. The van der Waals surface area contributed by atoms with Gasteiger partial charge in [0.25, 0.3) is 15.7 Å². The van der Waals surface area contributed by atoms with E-state index in [-0.39, 0.29) is 5.56 Å². The van der Waals surface area contributed by atoms with Gasteiger partial charge in [0.05, 0.1) is 27.3 Å². The van der Waals surface area contributed by atoms with E-state index in [1.165, 1.54) is 0 Å². The first kappa shape index (κ1) is 15.8. The maximum atomic E-state index is 13.7. The number of aromatic nitrogens is 1. The normalized spacial score (nSPS) is 11.2. The van der Waals surface area contributed by atoms with Gasteiger partial charge >= 0.3 is 0 Å². The summed E-state index contributed by atoms with van der Waals surface area (Å²) in [6.07, 6.45) is 1.94. The highest BCUT2D eigenvalue weighted by molar-refractivity contribution is 7.92. The molecular weight excluding hydrogens is 320 g/mol. The molecule has 0 aliphatic carbocycles. The number of hydrogen-bond acceptors (Lipinski definition) is 5. The Morgan fingerprint density at radius 3 is 2.55 bits per heavy atom. The van der Waals surface area contributed by atoms with E-state index in [0.717, 1.165) is 25.4 Å². The number of sulfonamides is 1. The van der Waals surface area contributed by atoms with Crippen molar-refractivity contribution in [3.05, 3.63) is 57.9 Å². The van der Waals surface area contributed by atoms with Gasteiger partial charge in [-0.25, -0.2) is 17.2 Å². The Kier molecular flexibility index (Phi) is 4.04. The van der Waals surface area contributed by atoms with Gasteiger partial charge in [0, 0.05) is 12.3 Å². The minimum atomic E-state index is -4.39. The van der Waals surface area contributed by atoms with Crippen LogP contribution in [0.25, 0.3) is 0 Å². The molecule has 0 saturated carbocycles. The molecular formula is C12H9F2N3O4S. The number of nitrogens with zero attached hydrogens (tertiary/aromatic N) is 2. The van der Waals surface area contributed by atoms with Crippen LogP contribution < -0.4 is 4.72 Å². The Bertz CT molecular complexity index is 855. The van der Waals surface area contributed by atoms with Crippen molar-refractivity contribution in [2.45, 2.75) is 11.8 Å². The molecule has 1 N–H and O–H groups in total. The maximum Gasteiger partial charge on any atom is 0.276 e. The first-order valence-electron chi connectivity index (χ1n) is 5.79. The highest BCUT2D eigenvalue weighted by Gasteiger charge is 2.24. The Balaban J connectivity index is 2.51. The van der Waals surface area contributed by atoms with Gasteiger partial charge in [-0.2, -0.15) is 0 Å². The molecule has 0 aliphatic heterocycles. The highest BCUT2D eigenvalue weighted by Crippen LogP contribution is 2.26. The van der Waals surface area contributed by atoms with Gasteiger partial charge in [0.2, 0.25) is 0 Å². The molecule has 7 nitrogen and oxygen atoms in total. The predicted octanol–water partition coefficient (Wildman–Crippen LogP) is 2.38. The van der Waals surface area contributed by atoms with Gasteiger partial charge < -0.3 is 0 Å². The van der Waals surface area contributed by atoms with Crippen LogP contribution in [0.4, 0.5) is 20.2 Å². The molecule has 0 bridgehead atoms. The van der Waals surface area contributed by atoms with E-state index in [0.29, 0.717) is 12.1 Å². The molecule has 0 radical (unpaired) electrons. The predicted molar refractivity (Wildman–Crippen MR) is 72.8 cm³/mol. The Morgan fingerprint density at radius 1 is 1.27 bits per heavy atom. The lowest BCUT2D eigenvalue weighted by molar-refractivity contribution is -0.385. The van der Waals surface area contributed by atoms with Gasteiger partial charge in [0.15, 0.2) is 5.82 Å². The van der Waals surface area contributed by atoms with Gasteiger partial charge in [-0.05, 0) is 19.1 Å². The number of anilines is 1.